The van der Waals surface area contributed by atoms with Gasteiger partial charge in [0.25, 0.3) is 5.91 Å². The van der Waals surface area contributed by atoms with Crippen LogP contribution in [0.2, 0.25) is 0 Å². The Hall–Kier alpha value is -1.35. The number of nitrogens with zero attached hydrogens (tertiary/aromatic N) is 1. The number of piperidine rings is 1. The number of likely N-dealkylation sites (tertiary alicyclic amines) is 1. The van der Waals surface area contributed by atoms with E-state index in [4.69, 9.17) is 0 Å². The molecule has 0 aromatic heterocycles. The van der Waals surface area contributed by atoms with Gasteiger partial charge in [0, 0.05) is 18.2 Å². The normalized spacial score (nSPS) is 17.7. The molecule has 1 aromatic rings. The Labute approximate surface area is 128 Å². The van der Waals surface area contributed by atoms with Crippen molar-refractivity contribution in [1.29, 1.82) is 0 Å². The highest BCUT2D eigenvalue weighted by molar-refractivity contribution is 5.94. The molecule has 0 bridgehead atoms. The average molecular weight is 288 g/mol. The third-order valence-electron chi connectivity index (χ3n) is 4.41. The summed E-state index contributed by atoms with van der Waals surface area (Å²) in [6.07, 6.45) is 3.92. The molecule has 0 spiro atoms. The van der Waals surface area contributed by atoms with E-state index in [-0.39, 0.29) is 5.91 Å². The van der Waals surface area contributed by atoms with Gasteiger partial charge in [0.15, 0.2) is 0 Å². The maximum atomic E-state index is 12.2. The van der Waals surface area contributed by atoms with Crippen LogP contribution in [-0.4, -0.2) is 36.5 Å². The van der Waals surface area contributed by atoms with E-state index in [1.54, 1.807) is 0 Å². The van der Waals surface area contributed by atoms with Gasteiger partial charge in [0.2, 0.25) is 0 Å². The monoisotopic (exact) mass is 288 g/mol. The first kappa shape index (κ1) is 16.0. The summed E-state index contributed by atoms with van der Waals surface area (Å²) in [6, 6.07) is 8.21. The molecule has 21 heavy (non-hydrogen) atoms. The number of amides is 1. The van der Waals surface area contributed by atoms with Gasteiger partial charge >= 0.3 is 0 Å². The molecule has 116 valence electrons. The maximum absolute atomic E-state index is 12.2. The van der Waals surface area contributed by atoms with Crippen molar-refractivity contribution in [1.82, 2.24) is 10.2 Å². The molecule has 2 rings (SSSR count). The van der Waals surface area contributed by atoms with Gasteiger partial charge in [0.05, 0.1) is 0 Å². The highest BCUT2D eigenvalue weighted by Crippen LogP contribution is 2.17. The summed E-state index contributed by atoms with van der Waals surface area (Å²) < 4.78 is 0. The smallest absolute Gasteiger partial charge is 0.251 e. The molecular formula is C18H28N2O. The third kappa shape index (κ3) is 4.57. The van der Waals surface area contributed by atoms with Crippen LogP contribution in [0.5, 0.6) is 0 Å². The molecule has 3 nitrogen and oxygen atoms in total. The van der Waals surface area contributed by atoms with E-state index >= 15 is 0 Å². The minimum atomic E-state index is 0.0395. The lowest BCUT2D eigenvalue weighted by Crippen LogP contribution is -2.48. The van der Waals surface area contributed by atoms with Gasteiger partial charge in [-0.3, -0.25) is 9.69 Å². The standard InChI is InChI=1S/C18H28N2O/c1-14(2)17(20-11-5-4-6-12-20)13-19-18(21)16-9-7-15(3)8-10-16/h7-10,14,17H,4-6,11-13H2,1-3H3,(H,19,21). The minimum absolute atomic E-state index is 0.0395. The zero-order chi connectivity index (χ0) is 15.2. The Balaban J connectivity index is 1.91. The summed E-state index contributed by atoms with van der Waals surface area (Å²) in [5.41, 5.74) is 1.93. The van der Waals surface area contributed by atoms with Gasteiger partial charge in [0.1, 0.15) is 0 Å². The quantitative estimate of drug-likeness (QED) is 0.902. The van der Waals surface area contributed by atoms with Crippen molar-refractivity contribution in [2.45, 2.75) is 46.1 Å². The summed E-state index contributed by atoms with van der Waals surface area (Å²) in [7, 11) is 0. The van der Waals surface area contributed by atoms with Crippen molar-refractivity contribution in [3.8, 4) is 0 Å². The van der Waals surface area contributed by atoms with E-state index < -0.39 is 0 Å². The number of benzene rings is 1. The molecule has 0 aliphatic carbocycles. The minimum Gasteiger partial charge on any atom is -0.350 e. The fraction of sp³-hybridized carbons (Fsp3) is 0.611. The van der Waals surface area contributed by atoms with Gasteiger partial charge in [-0.2, -0.15) is 0 Å². The molecule has 3 heteroatoms. The molecule has 1 aliphatic rings. The molecule has 0 saturated carbocycles. The van der Waals surface area contributed by atoms with Crippen LogP contribution in [0.15, 0.2) is 24.3 Å². The van der Waals surface area contributed by atoms with Crippen LogP contribution in [0.1, 0.15) is 49.0 Å². The van der Waals surface area contributed by atoms with Crippen LogP contribution in [0.4, 0.5) is 0 Å². The topological polar surface area (TPSA) is 32.3 Å². The number of rotatable bonds is 5. The first-order valence-corrected chi connectivity index (χ1v) is 8.17. The van der Waals surface area contributed by atoms with Crippen LogP contribution >= 0.6 is 0 Å². The largest absolute Gasteiger partial charge is 0.350 e. The molecule has 1 fully saturated rings. The molecule has 1 saturated heterocycles. The fourth-order valence-corrected chi connectivity index (χ4v) is 3.04. The van der Waals surface area contributed by atoms with Gasteiger partial charge < -0.3 is 5.32 Å². The van der Waals surface area contributed by atoms with E-state index in [2.05, 4.69) is 24.1 Å². The van der Waals surface area contributed by atoms with Gasteiger partial charge in [-0.15, -0.1) is 0 Å². The molecular weight excluding hydrogens is 260 g/mol. The zero-order valence-electron chi connectivity index (χ0n) is 13.6. The summed E-state index contributed by atoms with van der Waals surface area (Å²) in [6.45, 7) is 9.61. The average Bonchev–Trinajstić information content (AvgIpc) is 2.48. The van der Waals surface area contributed by atoms with Crippen molar-refractivity contribution in [2.24, 2.45) is 5.92 Å². The number of hydrogen-bond acceptors (Lipinski definition) is 2. The van der Waals surface area contributed by atoms with Crippen LogP contribution in [-0.2, 0) is 0 Å². The molecule has 1 heterocycles. The summed E-state index contributed by atoms with van der Waals surface area (Å²) in [5.74, 6) is 0.596. The molecule has 1 N–H and O–H groups in total. The van der Waals surface area contributed by atoms with Crippen molar-refractivity contribution in [2.75, 3.05) is 19.6 Å². The Morgan fingerprint density at radius 3 is 2.33 bits per heavy atom. The van der Waals surface area contributed by atoms with Crippen molar-refractivity contribution < 1.29 is 4.79 Å². The van der Waals surface area contributed by atoms with Gasteiger partial charge in [-0.1, -0.05) is 38.0 Å². The predicted octanol–water partition coefficient (Wildman–Crippen LogP) is 3.24. The van der Waals surface area contributed by atoms with Crippen molar-refractivity contribution in [3.63, 3.8) is 0 Å². The first-order valence-electron chi connectivity index (χ1n) is 8.17. The summed E-state index contributed by atoms with van der Waals surface area (Å²) >= 11 is 0. The highest BCUT2D eigenvalue weighted by atomic mass is 16.1. The lowest BCUT2D eigenvalue weighted by Gasteiger charge is -2.37. The molecule has 1 aromatic carbocycles. The third-order valence-corrected chi connectivity index (χ3v) is 4.41. The second-order valence-electron chi connectivity index (χ2n) is 6.48. The molecule has 1 amide bonds. The van der Waals surface area contributed by atoms with Gasteiger partial charge in [-0.25, -0.2) is 0 Å². The molecule has 1 atom stereocenters. The predicted molar refractivity (Wildman–Crippen MR) is 87.6 cm³/mol. The second-order valence-corrected chi connectivity index (χ2v) is 6.48. The van der Waals surface area contributed by atoms with Crippen molar-refractivity contribution in [3.05, 3.63) is 35.4 Å². The molecule has 1 unspecified atom stereocenters. The maximum Gasteiger partial charge on any atom is 0.251 e. The van der Waals surface area contributed by atoms with Crippen molar-refractivity contribution >= 4 is 5.91 Å². The van der Waals surface area contributed by atoms with E-state index in [0.29, 0.717) is 12.0 Å². The van der Waals surface area contributed by atoms with E-state index in [0.717, 1.165) is 12.1 Å². The Bertz CT molecular complexity index is 447. The Morgan fingerprint density at radius 1 is 1.14 bits per heavy atom. The number of carbonyl (C=O) groups excluding carboxylic acids is 1. The fourth-order valence-electron chi connectivity index (χ4n) is 3.04. The van der Waals surface area contributed by atoms with E-state index in [1.165, 1.54) is 37.9 Å². The van der Waals surface area contributed by atoms with E-state index in [1.807, 2.05) is 31.2 Å². The molecule has 0 radical (unpaired) electrons. The number of aryl methyl sites for hydroxylation is 1. The van der Waals surface area contributed by atoms with Crippen LogP contribution in [0.3, 0.4) is 0 Å². The SMILES string of the molecule is Cc1ccc(C(=O)NCC(C(C)C)N2CCCCC2)cc1. The van der Waals surface area contributed by atoms with Crippen LogP contribution in [0, 0.1) is 12.8 Å². The van der Waals surface area contributed by atoms with Crippen LogP contribution < -0.4 is 5.32 Å². The van der Waals surface area contributed by atoms with Crippen LogP contribution in [0.25, 0.3) is 0 Å². The Kier molecular flexibility index (Phi) is 5.80. The van der Waals surface area contributed by atoms with Gasteiger partial charge in [-0.05, 0) is 50.9 Å². The highest BCUT2D eigenvalue weighted by Gasteiger charge is 2.23. The van der Waals surface area contributed by atoms with E-state index in [9.17, 15) is 4.79 Å². The number of nitrogens with one attached hydrogen (secondary N) is 1. The number of hydrogen-bond donors (Lipinski definition) is 1. The Morgan fingerprint density at radius 2 is 1.76 bits per heavy atom. The molecule has 1 aliphatic heterocycles. The summed E-state index contributed by atoms with van der Waals surface area (Å²) in [4.78, 5) is 14.8. The lowest BCUT2D eigenvalue weighted by atomic mass is 9.99. The number of carbonyl (C=O) groups is 1. The zero-order valence-corrected chi connectivity index (χ0v) is 13.6. The summed E-state index contributed by atoms with van der Waals surface area (Å²) in [5, 5.41) is 3.12. The lowest BCUT2D eigenvalue weighted by molar-refractivity contribution is 0.0895. The second kappa shape index (κ2) is 7.60. The first-order chi connectivity index (χ1) is 10.1.